The fourth-order valence-electron chi connectivity index (χ4n) is 1.25. The molecule has 0 rings (SSSR count). The summed E-state index contributed by atoms with van der Waals surface area (Å²) in [6.07, 6.45) is -0.205. The van der Waals surface area contributed by atoms with Gasteiger partial charge in [0.2, 0.25) is 0 Å². The maximum atomic E-state index is 11.2. The zero-order valence-electron chi connectivity index (χ0n) is 10.6. The number of carbonyl (C=O) groups is 2. The molecule has 0 aliphatic heterocycles. The highest BCUT2D eigenvalue weighted by molar-refractivity contribution is 5.70. The number of nitrogens with one attached hydrogen (secondary N) is 1. The first-order chi connectivity index (χ1) is 7.31. The number of esters is 1. The van der Waals surface area contributed by atoms with E-state index in [1.54, 1.807) is 0 Å². The first kappa shape index (κ1) is 14.7. The van der Waals surface area contributed by atoms with Crippen molar-refractivity contribution in [2.24, 2.45) is 11.3 Å². The molecule has 0 fully saturated rings. The van der Waals surface area contributed by atoms with Crippen molar-refractivity contribution < 1.29 is 19.1 Å². The Morgan fingerprint density at radius 3 is 2.12 bits per heavy atom. The fourth-order valence-corrected chi connectivity index (χ4v) is 1.25. The largest absolute Gasteiger partial charge is 0.469 e. The number of carbonyl (C=O) groups excluding carboxylic acids is 2. The molecule has 94 valence electrons. The third kappa shape index (κ3) is 5.58. The van der Waals surface area contributed by atoms with Crippen molar-refractivity contribution in [2.75, 3.05) is 20.8 Å². The van der Waals surface area contributed by atoms with E-state index < -0.39 is 6.09 Å². The van der Waals surface area contributed by atoms with E-state index in [0.717, 1.165) is 0 Å². The van der Waals surface area contributed by atoms with Crippen LogP contribution in [0.4, 0.5) is 4.79 Å². The second kappa shape index (κ2) is 6.35. The summed E-state index contributed by atoms with van der Waals surface area (Å²) in [7, 11) is 2.66. The molecule has 16 heavy (non-hydrogen) atoms. The predicted octanol–water partition coefficient (Wildman–Crippen LogP) is 1.57. The number of methoxy groups -OCH3 is 2. The Kier molecular flexibility index (Phi) is 5.85. The molecule has 5 nitrogen and oxygen atoms in total. The molecular weight excluding hydrogens is 210 g/mol. The van der Waals surface area contributed by atoms with Crippen LogP contribution in [0.5, 0.6) is 0 Å². The number of hydrogen-bond acceptors (Lipinski definition) is 4. The number of amides is 1. The molecule has 0 aromatic heterocycles. The van der Waals surface area contributed by atoms with Crippen LogP contribution in [0.15, 0.2) is 0 Å². The Balaban J connectivity index is 4.33. The van der Waals surface area contributed by atoms with Crippen molar-refractivity contribution >= 4 is 12.1 Å². The van der Waals surface area contributed by atoms with Crippen LogP contribution in [-0.2, 0) is 14.3 Å². The second-order valence-corrected chi connectivity index (χ2v) is 4.72. The van der Waals surface area contributed by atoms with Crippen molar-refractivity contribution in [2.45, 2.75) is 27.2 Å². The zero-order valence-corrected chi connectivity index (χ0v) is 10.6. The lowest BCUT2D eigenvalue weighted by Gasteiger charge is -2.29. The Labute approximate surface area is 96.5 Å². The topological polar surface area (TPSA) is 64.6 Å². The minimum Gasteiger partial charge on any atom is -0.469 e. The van der Waals surface area contributed by atoms with Crippen LogP contribution in [-0.4, -0.2) is 32.8 Å². The van der Waals surface area contributed by atoms with E-state index in [4.69, 9.17) is 0 Å². The summed E-state index contributed by atoms with van der Waals surface area (Å²) >= 11 is 0. The lowest BCUT2D eigenvalue weighted by atomic mass is 9.78. The van der Waals surface area contributed by atoms with E-state index in [1.807, 2.05) is 20.8 Å². The monoisotopic (exact) mass is 231 g/mol. The van der Waals surface area contributed by atoms with Crippen LogP contribution >= 0.6 is 0 Å². The molecule has 0 spiro atoms. The van der Waals surface area contributed by atoms with Crippen molar-refractivity contribution in [3.8, 4) is 0 Å². The van der Waals surface area contributed by atoms with E-state index in [-0.39, 0.29) is 23.7 Å². The summed E-state index contributed by atoms with van der Waals surface area (Å²) in [5, 5.41) is 2.60. The van der Waals surface area contributed by atoms with Crippen LogP contribution in [0, 0.1) is 11.3 Å². The van der Waals surface area contributed by atoms with Gasteiger partial charge in [-0.05, 0) is 11.3 Å². The molecule has 1 amide bonds. The fraction of sp³-hybridized carbons (Fsp3) is 0.818. The summed E-state index contributed by atoms with van der Waals surface area (Å²) < 4.78 is 9.10. The number of alkyl carbamates (subject to hydrolysis) is 1. The summed E-state index contributed by atoms with van der Waals surface area (Å²) in [4.78, 5) is 22.2. The molecular formula is C11H21NO4. The van der Waals surface area contributed by atoms with E-state index in [9.17, 15) is 9.59 Å². The van der Waals surface area contributed by atoms with Crippen LogP contribution in [0.2, 0.25) is 0 Å². The van der Waals surface area contributed by atoms with Gasteiger partial charge in [0.25, 0.3) is 0 Å². The van der Waals surface area contributed by atoms with Crippen LogP contribution < -0.4 is 5.32 Å². The Hall–Kier alpha value is -1.26. The standard InChI is InChI=1S/C11H21NO4/c1-11(2,3)8(6-9(13)15-4)7-12-10(14)16-5/h8H,6-7H2,1-5H3,(H,12,14). The van der Waals surface area contributed by atoms with Gasteiger partial charge in [0, 0.05) is 6.54 Å². The molecule has 1 unspecified atom stereocenters. The number of ether oxygens (including phenoxy) is 2. The van der Waals surface area contributed by atoms with Gasteiger partial charge in [-0.2, -0.15) is 0 Å². The zero-order chi connectivity index (χ0) is 12.8. The van der Waals surface area contributed by atoms with E-state index in [0.29, 0.717) is 6.54 Å². The highest BCUT2D eigenvalue weighted by atomic mass is 16.5. The minimum absolute atomic E-state index is 0.0130. The normalized spacial score (nSPS) is 12.8. The molecule has 0 aromatic carbocycles. The van der Waals surface area contributed by atoms with Gasteiger partial charge in [0.15, 0.2) is 0 Å². The van der Waals surface area contributed by atoms with Gasteiger partial charge in [-0.25, -0.2) is 4.79 Å². The third-order valence-electron chi connectivity index (χ3n) is 2.54. The number of rotatable bonds is 4. The van der Waals surface area contributed by atoms with Gasteiger partial charge in [-0.3, -0.25) is 4.79 Å². The maximum Gasteiger partial charge on any atom is 0.406 e. The Bertz CT molecular complexity index is 245. The molecule has 5 heteroatoms. The smallest absolute Gasteiger partial charge is 0.406 e. The summed E-state index contributed by atoms with van der Waals surface area (Å²) in [5.74, 6) is -0.259. The quantitative estimate of drug-likeness (QED) is 0.746. The maximum absolute atomic E-state index is 11.2. The van der Waals surface area contributed by atoms with Gasteiger partial charge in [-0.1, -0.05) is 20.8 Å². The van der Waals surface area contributed by atoms with Gasteiger partial charge < -0.3 is 14.8 Å². The van der Waals surface area contributed by atoms with E-state index in [1.165, 1.54) is 14.2 Å². The van der Waals surface area contributed by atoms with Gasteiger partial charge in [-0.15, -0.1) is 0 Å². The van der Waals surface area contributed by atoms with Crippen molar-refractivity contribution in [3.63, 3.8) is 0 Å². The molecule has 0 saturated carbocycles. The summed E-state index contributed by atoms with van der Waals surface area (Å²) in [6, 6.07) is 0. The van der Waals surface area contributed by atoms with Gasteiger partial charge in [0.1, 0.15) is 0 Å². The minimum atomic E-state index is -0.487. The lowest BCUT2D eigenvalue weighted by molar-refractivity contribution is -0.142. The molecule has 0 aliphatic rings. The molecule has 0 bridgehead atoms. The van der Waals surface area contributed by atoms with Gasteiger partial charge >= 0.3 is 12.1 Å². The van der Waals surface area contributed by atoms with E-state index >= 15 is 0 Å². The molecule has 1 N–H and O–H groups in total. The van der Waals surface area contributed by atoms with Crippen LogP contribution in [0.25, 0.3) is 0 Å². The molecule has 0 heterocycles. The second-order valence-electron chi connectivity index (χ2n) is 4.72. The Morgan fingerprint density at radius 1 is 1.19 bits per heavy atom. The Morgan fingerprint density at radius 2 is 1.75 bits per heavy atom. The van der Waals surface area contributed by atoms with Crippen molar-refractivity contribution in [1.82, 2.24) is 5.32 Å². The van der Waals surface area contributed by atoms with E-state index in [2.05, 4.69) is 14.8 Å². The molecule has 0 aliphatic carbocycles. The molecule has 0 radical (unpaired) electrons. The lowest BCUT2D eigenvalue weighted by Crippen LogP contribution is -2.36. The highest BCUT2D eigenvalue weighted by Gasteiger charge is 2.27. The van der Waals surface area contributed by atoms with Gasteiger partial charge in [0.05, 0.1) is 20.6 Å². The van der Waals surface area contributed by atoms with Crippen molar-refractivity contribution in [1.29, 1.82) is 0 Å². The van der Waals surface area contributed by atoms with Crippen LogP contribution in [0.3, 0.4) is 0 Å². The molecule has 0 aromatic rings. The third-order valence-corrected chi connectivity index (χ3v) is 2.54. The van der Waals surface area contributed by atoms with Crippen molar-refractivity contribution in [3.05, 3.63) is 0 Å². The predicted molar refractivity (Wildman–Crippen MR) is 60.0 cm³/mol. The average molecular weight is 231 g/mol. The number of hydrogen-bond donors (Lipinski definition) is 1. The average Bonchev–Trinajstić information content (AvgIpc) is 2.21. The summed E-state index contributed by atoms with van der Waals surface area (Å²) in [6.45, 7) is 6.43. The van der Waals surface area contributed by atoms with Crippen LogP contribution in [0.1, 0.15) is 27.2 Å². The first-order valence-electron chi connectivity index (χ1n) is 5.20. The SMILES string of the molecule is COC(=O)CC(CNC(=O)OC)C(C)(C)C. The highest BCUT2D eigenvalue weighted by Crippen LogP contribution is 2.28. The molecule has 1 atom stereocenters. The summed E-state index contributed by atoms with van der Waals surface area (Å²) in [5.41, 5.74) is -0.0881. The molecule has 0 saturated heterocycles. The first-order valence-corrected chi connectivity index (χ1v) is 5.20.